The Morgan fingerprint density at radius 1 is 1.33 bits per heavy atom. The zero-order chi connectivity index (χ0) is 13.6. The van der Waals surface area contributed by atoms with E-state index < -0.39 is 0 Å². The predicted molar refractivity (Wildman–Crippen MR) is 76.8 cm³/mol. The average Bonchev–Trinajstić information content (AvgIpc) is 2.38. The second-order valence-electron chi connectivity index (χ2n) is 5.29. The molecule has 3 heteroatoms. The summed E-state index contributed by atoms with van der Waals surface area (Å²) in [4.78, 5) is 2.33. The van der Waals surface area contributed by atoms with Crippen LogP contribution >= 0.6 is 0 Å². The number of hydrogen-bond donors (Lipinski definition) is 1. The van der Waals surface area contributed by atoms with Gasteiger partial charge in [-0.05, 0) is 45.0 Å². The first-order valence-electron chi connectivity index (χ1n) is 6.62. The monoisotopic (exact) mass is 250 g/mol. The molecular weight excluding hydrogens is 224 g/mol. The van der Waals surface area contributed by atoms with Crippen molar-refractivity contribution in [3.63, 3.8) is 0 Å². The molecular formula is C15H26N2O. The highest BCUT2D eigenvalue weighted by Crippen LogP contribution is 2.16. The Bertz CT molecular complexity index is 363. The van der Waals surface area contributed by atoms with Gasteiger partial charge in [-0.1, -0.05) is 19.1 Å². The second-order valence-corrected chi connectivity index (χ2v) is 5.29. The third-order valence-corrected chi connectivity index (χ3v) is 3.73. The first kappa shape index (κ1) is 15.0. The lowest BCUT2D eigenvalue weighted by Crippen LogP contribution is -2.42. The lowest BCUT2D eigenvalue weighted by molar-refractivity contribution is 0.125. The lowest BCUT2D eigenvalue weighted by Gasteiger charge is -2.34. The van der Waals surface area contributed by atoms with Gasteiger partial charge >= 0.3 is 0 Å². The number of nitrogens with two attached hydrogens (primary N) is 1. The van der Waals surface area contributed by atoms with E-state index in [4.69, 9.17) is 10.5 Å². The highest BCUT2D eigenvalue weighted by atomic mass is 16.5. The first-order chi connectivity index (χ1) is 8.49. The maximum atomic E-state index is 5.76. The normalized spacial score (nSPS) is 11.9. The van der Waals surface area contributed by atoms with Gasteiger partial charge in [0.15, 0.2) is 0 Å². The zero-order valence-corrected chi connectivity index (χ0v) is 12.1. The van der Waals surface area contributed by atoms with E-state index in [0.717, 1.165) is 24.3 Å². The molecule has 0 unspecified atom stereocenters. The van der Waals surface area contributed by atoms with Crippen molar-refractivity contribution in [1.29, 1.82) is 0 Å². The number of benzene rings is 1. The summed E-state index contributed by atoms with van der Waals surface area (Å²) in [6.45, 7) is 8.90. The molecule has 0 aliphatic carbocycles. The van der Waals surface area contributed by atoms with Crippen molar-refractivity contribution in [1.82, 2.24) is 4.90 Å². The van der Waals surface area contributed by atoms with Gasteiger partial charge in [-0.3, -0.25) is 4.90 Å². The van der Waals surface area contributed by atoms with Crippen molar-refractivity contribution < 1.29 is 4.74 Å². The maximum absolute atomic E-state index is 5.76. The number of rotatable bonds is 7. The van der Waals surface area contributed by atoms with Gasteiger partial charge in [0.1, 0.15) is 12.4 Å². The number of hydrogen-bond acceptors (Lipinski definition) is 3. The lowest BCUT2D eigenvalue weighted by atomic mass is 10.0. The van der Waals surface area contributed by atoms with Gasteiger partial charge in [0, 0.05) is 18.6 Å². The van der Waals surface area contributed by atoms with Crippen molar-refractivity contribution in [2.75, 3.05) is 20.2 Å². The summed E-state index contributed by atoms with van der Waals surface area (Å²) in [7, 11) is 2.14. The van der Waals surface area contributed by atoms with Crippen LogP contribution in [0.4, 0.5) is 0 Å². The van der Waals surface area contributed by atoms with Gasteiger partial charge in [0.2, 0.25) is 0 Å². The summed E-state index contributed by atoms with van der Waals surface area (Å²) in [6, 6.07) is 7.98. The van der Waals surface area contributed by atoms with Crippen molar-refractivity contribution >= 4 is 0 Å². The second kappa shape index (κ2) is 6.76. The van der Waals surface area contributed by atoms with Crippen molar-refractivity contribution in [3.8, 4) is 5.75 Å². The van der Waals surface area contributed by atoms with Gasteiger partial charge in [-0.25, -0.2) is 0 Å². The van der Waals surface area contributed by atoms with E-state index in [-0.39, 0.29) is 5.54 Å². The molecule has 2 N–H and O–H groups in total. The van der Waals surface area contributed by atoms with Crippen LogP contribution in [0.2, 0.25) is 0 Å². The molecule has 102 valence electrons. The van der Waals surface area contributed by atoms with E-state index in [9.17, 15) is 0 Å². The van der Waals surface area contributed by atoms with E-state index in [2.05, 4.69) is 32.7 Å². The van der Waals surface area contributed by atoms with Crippen LogP contribution < -0.4 is 10.5 Å². The number of nitrogens with zero attached hydrogens (tertiary/aromatic N) is 1. The standard InChI is InChI=1S/C15H26N2O/c1-5-15(2,3)17(4)9-10-18-14-8-6-7-13(11-14)12-16/h6-8,11H,5,9-10,12,16H2,1-4H3. The van der Waals surface area contributed by atoms with Crippen LogP contribution in [0.3, 0.4) is 0 Å². The van der Waals surface area contributed by atoms with Crippen LogP contribution in [0.5, 0.6) is 5.75 Å². The topological polar surface area (TPSA) is 38.5 Å². The fourth-order valence-electron chi connectivity index (χ4n) is 1.64. The summed E-state index contributed by atoms with van der Waals surface area (Å²) in [5.41, 5.74) is 6.94. The van der Waals surface area contributed by atoms with Gasteiger partial charge < -0.3 is 10.5 Å². The minimum Gasteiger partial charge on any atom is -0.492 e. The molecule has 0 radical (unpaired) electrons. The summed E-state index contributed by atoms with van der Waals surface area (Å²) in [5.74, 6) is 0.903. The molecule has 3 nitrogen and oxygen atoms in total. The highest BCUT2D eigenvalue weighted by molar-refractivity contribution is 5.28. The quantitative estimate of drug-likeness (QED) is 0.808. The van der Waals surface area contributed by atoms with E-state index in [0.29, 0.717) is 13.2 Å². The molecule has 0 amide bonds. The van der Waals surface area contributed by atoms with Gasteiger partial charge in [0.25, 0.3) is 0 Å². The van der Waals surface area contributed by atoms with Gasteiger partial charge in [0.05, 0.1) is 0 Å². The molecule has 0 bridgehead atoms. The zero-order valence-electron chi connectivity index (χ0n) is 12.1. The van der Waals surface area contributed by atoms with Crippen molar-refractivity contribution in [2.24, 2.45) is 5.73 Å². The van der Waals surface area contributed by atoms with E-state index >= 15 is 0 Å². The highest BCUT2D eigenvalue weighted by Gasteiger charge is 2.20. The molecule has 0 aromatic heterocycles. The maximum Gasteiger partial charge on any atom is 0.119 e. The van der Waals surface area contributed by atoms with Crippen molar-refractivity contribution in [3.05, 3.63) is 29.8 Å². The Balaban J connectivity index is 2.41. The molecule has 0 aliphatic heterocycles. The third-order valence-electron chi connectivity index (χ3n) is 3.73. The summed E-state index contributed by atoms with van der Waals surface area (Å²) >= 11 is 0. The molecule has 0 fully saturated rings. The van der Waals surface area contributed by atoms with E-state index in [1.165, 1.54) is 0 Å². The summed E-state index contributed by atoms with van der Waals surface area (Å²) in [6.07, 6.45) is 1.13. The Morgan fingerprint density at radius 3 is 2.67 bits per heavy atom. The summed E-state index contributed by atoms with van der Waals surface area (Å²) < 4.78 is 5.76. The Morgan fingerprint density at radius 2 is 2.06 bits per heavy atom. The average molecular weight is 250 g/mol. The SMILES string of the molecule is CCC(C)(C)N(C)CCOc1cccc(CN)c1. The largest absolute Gasteiger partial charge is 0.492 e. The molecule has 1 aromatic rings. The van der Waals surface area contributed by atoms with Gasteiger partial charge in [-0.15, -0.1) is 0 Å². The molecule has 1 aromatic carbocycles. The molecule has 0 heterocycles. The molecule has 0 saturated carbocycles. The molecule has 0 aliphatic rings. The number of likely N-dealkylation sites (N-methyl/N-ethyl adjacent to an activating group) is 1. The smallest absolute Gasteiger partial charge is 0.119 e. The Kier molecular flexibility index (Phi) is 5.63. The Hall–Kier alpha value is -1.06. The van der Waals surface area contributed by atoms with Crippen LogP contribution in [0, 0.1) is 0 Å². The van der Waals surface area contributed by atoms with Gasteiger partial charge in [-0.2, -0.15) is 0 Å². The molecule has 0 saturated heterocycles. The van der Waals surface area contributed by atoms with Crippen LogP contribution in [0.15, 0.2) is 24.3 Å². The first-order valence-corrected chi connectivity index (χ1v) is 6.62. The number of ether oxygens (including phenoxy) is 1. The van der Waals surface area contributed by atoms with Crippen LogP contribution in [-0.2, 0) is 6.54 Å². The minimum atomic E-state index is 0.225. The predicted octanol–water partition coefficient (Wildman–Crippen LogP) is 2.64. The molecule has 18 heavy (non-hydrogen) atoms. The van der Waals surface area contributed by atoms with Crippen molar-refractivity contribution in [2.45, 2.75) is 39.3 Å². The summed E-state index contributed by atoms with van der Waals surface area (Å²) in [5, 5.41) is 0. The van der Waals surface area contributed by atoms with E-state index in [1.54, 1.807) is 0 Å². The minimum absolute atomic E-state index is 0.225. The molecule has 0 spiro atoms. The van der Waals surface area contributed by atoms with E-state index in [1.807, 2.05) is 24.3 Å². The fourth-order valence-corrected chi connectivity index (χ4v) is 1.64. The van der Waals surface area contributed by atoms with Crippen LogP contribution in [-0.4, -0.2) is 30.6 Å². The van der Waals surface area contributed by atoms with Crippen LogP contribution in [0.1, 0.15) is 32.8 Å². The Labute approximate surface area is 111 Å². The van der Waals surface area contributed by atoms with Crippen LogP contribution in [0.25, 0.3) is 0 Å². The molecule has 1 rings (SSSR count). The molecule has 0 atom stereocenters. The fraction of sp³-hybridized carbons (Fsp3) is 0.600. The third kappa shape index (κ3) is 4.31.